The van der Waals surface area contributed by atoms with Crippen molar-refractivity contribution in [3.05, 3.63) is 58.8 Å². The summed E-state index contributed by atoms with van der Waals surface area (Å²) in [6.07, 6.45) is 4.66. The zero-order valence-electron chi connectivity index (χ0n) is 18.1. The Hall–Kier alpha value is -3.30. The molecule has 0 spiro atoms. The van der Waals surface area contributed by atoms with Gasteiger partial charge in [-0.25, -0.2) is 9.97 Å². The summed E-state index contributed by atoms with van der Waals surface area (Å²) < 4.78 is 5.40. The number of nitrogens with zero attached hydrogens (tertiary/aromatic N) is 4. The highest BCUT2D eigenvalue weighted by Gasteiger charge is 2.21. The Kier molecular flexibility index (Phi) is 5.83. The lowest BCUT2D eigenvalue weighted by Gasteiger charge is -2.26. The zero-order valence-corrected chi connectivity index (χ0v) is 18.1. The van der Waals surface area contributed by atoms with Gasteiger partial charge in [-0.15, -0.1) is 0 Å². The molecule has 0 atom stereocenters. The summed E-state index contributed by atoms with van der Waals surface area (Å²) in [5.74, 6) is 1.20. The predicted molar refractivity (Wildman–Crippen MR) is 121 cm³/mol. The van der Waals surface area contributed by atoms with Crippen molar-refractivity contribution in [1.82, 2.24) is 25.1 Å². The summed E-state index contributed by atoms with van der Waals surface area (Å²) in [5, 5.41) is 13.2. The van der Waals surface area contributed by atoms with Crippen LogP contribution in [0.1, 0.15) is 39.6 Å². The number of ether oxygens (including phenoxy) is 1. The van der Waals surface area contributed by atoms with E-state index < -0.39 is 0 Å². The van der Waals surface area contributed by atoms with Crippen LogP contribution in [-0.4, -0.2) is 57.3 Å². The van der Waals surface area contributed by atoms with Crippen molar-refractivity contribution >= 4 is 23.1 Å². The van der Waals surface area contributed by atoms with Crippen LogP contribution in [0.3, 0.4) is 0 Å². The van der Waals surface area contributed by atoms with Gasteiger partial charge in [0.05, 0.1) is 18.9 Å². The van der Waals surface area contributed by atoms with Crippen molar-refractivity contribution in [2.75, 3.05) is 36.9 Å². The molecule has 0 unspecified atom stereocenters. The maximum atomic E-state index is 12.9. The number of carbonyl (C=O) groups excluding carboxylic acids is 1. The molecule has 9 heteroatoms. The fraction of sp³-hybridized carbons (Fsp3) is 0.391. The van der Waals surface area contributed by atoms with Gasteiger partial charge in [-0.1, -0.05) is 12.1 Å². The van der Waals surface area contributed by atoms with Gasteiger partial charge in [-0.3, -0.25) is 14.8 Å². The van der Waals surface area contributed by atoms with Crippen LogP contribution in [0.5, 0.6) is 0 Å². The third-order valence-corrected chi connectivity index (χ3v) is 5.88. The number of amides is 1. The molecule has 9 nitrogen and oxygen atoms in total. The van der Waals surface area contributed by atoms with E-state index in [1.807, 2.05) is 31.2 Å². The van der Waals surface area contributed by atoms with Crippen molar-refractivity contribution < 1.29 is 9.53 Å². The van der Waals surface area contributed by atoms with E-state index in [0.717, 1.165) is 80.7 Å². The number of anilines is 3. The van der Waals surface area contributed by atoms with Crippen LogP contribution in [0.25, 0.3) is 0 Å². The van der Waals surface area contributed by atoms with Crippen LogP contribution in [-0.2, 0) is 24.1 Å². The van der Waals surface area contributed by atoms with E-state index in [4.69, 9.17) is 4.74 Å². The molecule has 1 amide bonds. The number of rotatable bonds is 6. The van der Waals surface area contributed by atoms with E-state index in [9.17, 15) is 4.79 Å². The highest BCUT2D eigenvalue weighted by atomic mass is 16.5. The fourth-order valence-electron chi connectivity index (χ4n) is 4.25. The number of nitrogens with one attached hydrogen (secondary N) is 3. The van der Waals surface area contributed by atoms with Crippen LogP contribution in [0.2, 0.25) is 0 Å². The summed E-state index contributed by atoms with van der Waals surface area (Å²) in [5.41, 5.74) is 5.04. The Balaban J connectivity index is 1.26. The highest BCUT2D eigenvalue weighted by Crippen LogP contribution is 2.29. The van der Waals surface area contributed by atoms with Gasteiger partial charge in [0.25, 0.3) is 5.91 Å². The van der Waals surface area contributed by atoms with Crippen molar-refractivity contribution in [3.8, 4) is 0 Å². The lowest BCUT2D eigenvalue weighted by Crippen LogP contribution is -2.35. The first kappa shape index (κ1) is 20.6. The number of carbonyl (C=O) groups is 1. The molecule has 1 fully saturated rings. The molecule has 2 aromatic heterocycles. The van der Waals surface area contributed by atoms with Gasteiger partial charge < -0.3 is 15.4 Å². The summed E-state index contributed by atoms with van der Waals surface area (Å²) in [7, 11) is 0. The van der Waals surface area contributed by atoms with Crippen molar-refractivity contribution in [2.45, 2.75) is 32.7 Å². The Morgan fingerprint density at radius 3 is 2.78 bits per heavy atom. The van der Waals surface area contributed by atoms with E-state index in [0.29, 0.717) is 11.4 Å². The molecule has 1 saturated heterocycles. The van der Waals surface area contributed by atoms with Gasteiger partial charge in [-0.05, 0) is 43.9 Å². The Bertz CT molecular complexity index is 1100. The quantitative estimate of drug-likeness (QED) is 0.549. The molecule has 1 aromatic carbocycles. The molecule has 0 bridgehead atoms. The first-order valence-corrected chi connectivity index (χ1v) is 11.0. The second-order valence-electron chi connectivity index (χ2n) is 8.21. The lowest BCUT2D eigenvalue weighted by molar-refractivity contribution is 0.0342. The second-order valence-corrected chi connectivity index (χ2v) is 8.21. The average molecular weight is 434 g/mol. The monoisotopic (exact) mass is 433 g/mol. The van der Waals surface area contributed by atoms with Crippen LogP contribution < -0.4 is 10.6 Å². The van der Waals surface area contributed by atoms with Gasteiger partial charge >= 0.3 is 0 Å². The molecule has 1 aliphatic heterocycles. The van der Waals surface area contributed by atoms with Gasteiger partial charge in [0.15, 0.2) is 5.69 Å². The minimum Gasteiger partial charge on any atom is -0.379 e. The normalized spacial score (nSPS) is 16.0. The molecule has 5 rings (SSSR count). The Morgan fingerprint density at radius 1 is 1.16 bits per heavy atom. The van der Waals surface area contributed by atoms with Crippen molar-refractivity contribution in [2.24, 2.45) is 0 Å². The Labute approximate surface area is 186 Å². The van der Waals surface area contributed by atoms with Crippen molar-refractivity contribution in [3.63, 3.8) is 0 Å². The standard InChI is InChI=1S/C23H27N7O2/c1-15-25-19-4-2-3-18(19)22(26-15)28-20-13-24-29-21(20)23(31)27-17-7-5-16(6-8-17)14-30-9-11-32-12-10-30/h5-8,13H,2-4,9-12,14H2,1H3,(H,24,29)(H,27,31)(H,25,26,28). The molecular weight excluding hydrogens is 406 g/mol. The molecule has 0 saturated carbocycles. The van der Waals surface area contributed by atoms with E-state index in [1.54, 1.807) is 6.20 Å². The van der Waals surface area contributed by atoms with E-state index in [-0.39, 0.29) is 5.91 Å². The average Bonchev–Trinajstić information content (AvgIpc) is 3.45. The first-order valence-electron chi connectivity index (χ1n) is 11.0. The second kappa shape index (κ2) is 9.05. The Morgan fingerprint density at radius 2 is 1.97 bits per heavy atom. The summed E-state index contributed by atoms with van der Waals surface area (Å²) in [6, 6.07) is 7.94. The molecule has 166 valence electrons. The zero-order chi connectivity index (χ0) is 21.9. The smallest absolute Gasteiger partial charge is 0.278 e. The number of aromatic amines is 1. The number of H-pyrrole nitrogens is 1. The summed E-state index contributed by atoms with van der Waals surface area (Å²) in [6.45, 7) is 6.23. The summed E-state index contributed by atoms with van der Waals surface area (Å²) >= 11 is 0. The third kappa shape index (κ3) is 4.49. The third-order valence-electron chi connectivity index (χ3n) is 5.88. The largest absolute Gasteiger partial charge is 0.379 e. The minimum atomic E-state index is -0.280. The summed E-state index contributed by atoms with van der Waals surface area (Å²) in [4.78, 5) is 24.4. The molecule has 3 N–H and O–H groups in total. The SMILES string of the molecule is Cc1nc2c(c(Nc3c[nH]nc3C(=O)Nc3ccc(CN4CCOCC4)cc3)n1)CCC2. The molecule has 3 heterocycles. The van der Waals surface area contributed by atoms with Crippen LogP contribution >= 0.6 is 0 Å². The maximum Gasteiger partial charge on any atom is 0.278 e. The molecule has 3 aromatic rings. The minimum absolute atomic E-state index is 0.280. The van der Waals surface area contributed by atoms with E-state index >= 15 is 0 Å². The van der Waals surface area contributed by atoms with E-state index in [2.05, 4.69) is 35.7 Å². The number of benzene rings is 1. The number of aromatic nitrogens is 4. The number of aryl methyl sites for hydroxylation is 2. The van der Waals surface area contributed by atoms with Gasteiger partial charge in [0, 0.05) is 42.8 Å². The fourth-order valence-corrected chi connectivity index (χ4v) is 4.25. The lowest BCUT2D eigenvalue weighted by atomic mass is 10.2. The molecular formula is C23H27N7O2. The molecule has 0 radical (unpaired) electrons. The highest BCUT2D eigenvalue weighted by molar-refractivity contribution is 6.06. The van der Waals surface area contributed by atoms with E-state index in [1.165, 1.54) is 5.56 Å². The maximum absolute atomic E-state index is 12.9. The number of morpholine rings is 1. The molecule has 32 heavy (non-hydrogen) atoms. The predicted octanol–water partition coefficient (Wildman–Crippen LogP) is 2.82. The van der Waals surface area contributed by atoms with Crippen LogP contribution in [0, 0.1) is 6.92 Å². The molecule has 2 aliphatic rings. The first-order chi connectivity index (χ1) is 15.7. The van der Waals surface area contributed by atoms with Crippen molar-refractivity contribution in [1.29, 1.82) is 0 Å². The number of hydrogen-bond acceptors (Lipinski definition) is 7. The van der Waals surface area contributed by atoms with Gasteiger partial charge in [-0.2, -0.15) is 5.10 Å². The van der Waals surface area contributed by atoms with Crippen LogP contribution in [0.4, 0.5) is 17.2 Å². The topological polar surface area (TPSA) is 108 Å². The number of fused-ring (bicyclic) bond motifs is 1. The van der Waals surface area contributed by atoms with Gasteiger partial charge in [0.1, 0.15) is 11.6 Å². The molecule has 1 aliphatic carbocycles. The van der Waals surface area contributed by atoms with Crippen LogP contribution in [0.15, 0.2) is 30.5 Å². The number of hydrogen-bond donors (Lipinski definition) is 3. The van der Waals surface area contributed by atoms with Gasteiger partial charge in [0.2, 0.25) is 0 Å².